The molecule has 0 bridgehead atoms. The molecule has 2 fully saturated rings. The zero-order valence-electron chi connectivity index (χ0n) is 9.56. The fourth-order valence-electron chi connectivity index (χ4n) is 2.26. The minimum Gasteiger partial charge on any atom is -0.479 e. The lowest BCUT2D eigenvalue weighted by Gasteiger charge is -2.25. The quantitative estimate of drug-likeness (QED) is 0.705. The highest BCUT2D eigenvalue weighted by Gasteiger charge is 2.30. The van der Waals surface area contributed by atoms with Crippen LogP contribution in [0.15, 0.2) is 0 Å². The van der Waals surface area contributed by atoms with Crippen LogP contribution in [-0.2, 0) is 14.3 Å². The molecule has 1 saturated heterocycles. The van der Waals surface area contributed by atoms with Gasteiger partial charge < -0.3 is 14.6 Å². The largest absolute Gasteiger partial charge is 0.479 e. The van der Waals surface area contributed by atoms with Gasteiger partial charge in [-0.05, 0) is 25.2 Å². The third-order valence-electron chi connectivity index (χ3n) is 3.58. The van der Waals surface area contributed by atoms with E-state index in [1.807, 2.05) is 0 Å². The first-order valence-electron chi connectivity index (χ1n) is 6.21. The van der Waals surface area contributed by atoms with Crippen molar-refractivity contribution in [1.82, 2.24) is 0 Å². The SMILES string of the molecule is O=C(O)C1CCC(COCCC2CCC2)O1. The lowest BCUT2D eigenvalue weighted by Crippen LogP contribution is -2.23. The van der Waals surface area contributed by atoms with E-state index >= 15 is 0 Å². The highest BCUT2D eigenvalue weighted by molar-refractivity contribution is 5.72. The number of carboxylic acid groups (broad SMARTS) is 1. The molecule has 2 atom stereocenters. The molecule has 0 aromatic carbocycles. The van der Waals surface area contributed by atoms with Crippen LogP contribution in [0.4, 0.5) is 0 Å². The Hall–Kier alpha value is -0.610. The summed E-state index contributed by atoms with van der Waals surface area (Å²) >= 11 is 0. The van der Waals surface area contributed by atoms with Gasteiger partial charge in [0.1, 0.15) is 0 Å². The van der Waals surface area contributed by atoms with E-state index in [0.717, 1.165) is 25.4 Å². The number of carbonyl (C=O) groups is 1. The van der Waals surface area contributed by atoms with Gasteiger partial charge in [-0.1, -0.05) is 19.3 Å². The molecule has 16 heavy (non-hydrogen) atoms. The van der Waals surface area contributed by atoms with Crippen LogP contribution in [0, 0.1) is 5.92 Å². The average molecular weight is 228 g/mol. The number of carboxylic acids is 1. The van der Waals surface area contributed by atoms with Crippen molar-refractivity contribution in [3.63, 3.8) is 0 Å². The number of hydrogen-bond acceptors (Lipinski definition) is 3. The monoisotopic (exact) mass is 228 g/mol. The maximum atomic E-state index is 10.6. The molecular weight excluding hydrogens is 208 g/mol. The fraction of sp³-hybridized carbons (Fsp3) is 0.917. The number of aliphatic carboxylic acids is 1. The molecule has 2 unspecified atom stereocenters. The molecule has 92 valence electrons. The molecule has 1 aliphatic heterocycles. The standard InChI is InChI=1S/C12H20O4/c13-12(14)11-5-4-10(16-11)8-15-7-6-9-2-1-3-9/h9-11H,1-8H2,(H,13,14). The number of hydrogen-bond donors (Lipinski definition) is 1. The van der Waals surface area contributed by atoms with E-state index in [1.54, 1.807) is 0 Å². The molecule has 4 nitrogen and oxygen atoms in total. The van der Waals surface area contributed by atoms with Gasteiger partial charge >= 0.3 is 5.97 Å². The Kier molecular flexibility index (Phi) is 4.18. The molecule has 1 aliphatic carbocycles. The van der Waals surface area contributed by atoms with Crippen molar-refractivity contribution in [1.29, 1.82) is 0 Å². The molecule has 0 radical (unpaired) electrons. The Morgan fingerprint density at radius 1 is 1.31 bits per heavy atom. The molecule has 2 rings (SSSR count). The van der Waals surface area contributed by atoms with E-state index in [-0.39, 0.29) is 6.10 Å². The second kappa shape index (κ2) is 5.64. The van der Waals surface area contributed by atoms with Crippen LogP contribution in [0.3, 0.4) is 0 Å². The second-order valence-corrected chi connectivity index (χ2v) is 4.82. The summed E-state index contributed by atoms with van der Waals surface area (Å²) in [5.74, 6) is 0.0215. The van der Waals surface area contributed by atoms with Crippen LogP contribution < -0.4 is 0 Å². The van der Waals surface area contributed by atoms with Crippen molar-refractivity contribution < 1.29 is 19.4 Å². The maximum Gasteiger partial charge on any atom is 0.332 e. The lowest BCUT2D eigenvalue weighted by atomic mass is 9.83. The van der Waals surface area contributed by atoms with Crippen LogP contribution in [0.25, 0.3) is 0 Å². The smallest absolute Gasteiger partial charge is 0.332 e. The molecule has 2 aliphatic rings. The van der Waals surface area contributed by atoms with Gasteiger partial charge in [-0.2, -0.15) is 0 Å². The Morgan fingerprint density at radius 2 is 2.12 bits per heavy atom. The van der Waals surface area contributed by atoms with E-state index in [1.165, 1.54) is 19.3 Å². The van der Waals surface area contributed by atoms with Crippen molar-refractivity contribution in [3.05, 3.63) is 0 Å². The lowest BCUT2D eigenvalue weighted by molar-refractivity contribution is -0.150. The summed E-state index contributed by atoms with van der Waals surface area (Å²) in [5.41, 5.74) is 0. The summed E-state index contributed by atoms with van der Waals surface area (Å²) in [6, 6.07) is 0. The summed E-state index contributed by atoms with van der Waals surface area (Å²) < 4.78 is 10.9. The fourth-order valence-corrected chi connectivity index (χ4v) is 2.26. The van der Waals surface area contributed by atoms with Crippen LogP contribution in [0.5, 0.6) is 0 Å². The van der Waals surface area contributed by atoms with E-state index in [0.29, 0.717) is 13.0 Å². The molecule has 0 amide bonds. The van der Waals surface area contributed by atoms with Gasteiger partial charge in [-0.3, -0.25) is 0 Å². The first kappa shape index (κ1) is 11.9. The molecular formula is C12H20O4. The minimum atomic E-state index is -0.850. The summed E-state index contributed by atoms with van der Waals surface area (Å²) in [4.78, 5) is 10.6. The van der Waals surface area contributed by atoms with E-state index < -0.39 is 12.1 Å². The molecule has 0 spiro atoms. The van der Waals surface area contributed by atoms with Crippen molar-refractivity contribution in [2.45, 2.75) is 50.7 Å². The van der Waals surface area contributed by atoms with E-state index in [4.69, 9.17) is 14.6 Å². The van der Waals surface area contributed by atoms with Gasteiger partial charge in [-0.15, -0.1) is 0 Å². The first-order valence-corrected chi connectivity index (χ1v) is 6.21. The van der Waals surface area contributed by atoms with Gasteiger partial charge in [-0.25, -0.2) is 4.79 Å². The highest BCUT2D eigenvalue weighted by Crippen LogP contribution is 2.29. The van der Waals surface area contributed by atoms with Crippen LogP contribution in [0.2, 0.25) is 0 Å². The number of ether oxygens (including phenoxy) is 2. The third-order valence-corrected chi connectivity index (χ3v) is 3.58. The Bertz CT molecular complexity index is 237. The number of rotatable bonds is 6. The summed E-state index contributed by atoms with van der Waals surface area (Å²) in [6.07, 6.45) is 6.02. The molecule has 1 N–H and O–H groups in total. The minimum absolute atomic E-state index is 0.0116. The Balaban J connectivity index is 1.51. The topological polar surface area (TPSA) is 55.8 Å². The van der Waals surface area contributed by atoms with Gasteiger partial charge in [0.15, 0.2) is 6.10 Å². The van der Waals surface area contributed by atoms with E-state index in [9.17, 15) is 4.79 Å². The highest BCUT2D eigenvalue weighted by atomic mass is 16.6. The van der Waals surface area contributed by atoms with Gasteiger partial charge in [0.05, 0.1) is 12.7 Å². The van der Waals surface area contributed by atoms with Crippen molar-refractivity contribution in [2.24, 2.45) is 5.92 Å². The Morgan fingerprint density at radius 3 is 2.69 bits per heavy atom. The predicted octanol–water partition coefficient (Wildman–Crippen LogP) is 1.83. The summed E-state index contributed by atoms with van der Waals surface area (Å²) in [6.45, 7) is 1.35. The third kappa shape index (κ3) is 3.19. The molecule has 4 heteroatoms. The molecule has 1 saturated carbocycles. The predicted molar refractivity (Wildman–Crippen MR) is 58.3 cm³/mol. The van der Waals surface area contributed by atoms with Crippen molar-refractivity contribution >= 4 is 5.97 Å². The zero-order valence-corrected chi connectivity index (χ0v) is 9.56. The maximum absolute atomic E-state index is 10.6. The summed E-state index contributed by atoms with van der Waals surface area (Å²) in [7, 11) is 0. The first-order chi connectivity index (χ1) is 7.75. The van der Waals surface area contributed by atoms with Crippen LogP contribution in [-0.4, -0.2) is 36.5 Å². The van der Waals surface area contributed by atoms with Crippen LogP contribution in [0.1, 0.15) is 38.5 Å². The average Bonchev–Trinajstić information content (AvgIpc) is 2.63. The van der Waals surface area contributed by atoms with Crippen molar-refractivity contribution in [2.75, 3.05) is 13.2 Å². The van der Waals surface area contributed by atoms with Gasteiger partial charge in [0.2, 0.25) is 0 Å². The summed E-state index contributed by atoms with van der Waals surface area (Å²) in [5, 5.41) is 8.75. The van der Waals surface area contributed by atoms with Gasteiger partial charge in [0.25, 0.3) is 0 Å². The molecule has 1 heterocycles. The second-order valence-electron chi connectivity index (χ2n) is 4.82. The molecule has 0 aromatic heterocycles. The zero-order chi connectivity index (χ0) is 11.4. The van der Waals surface area contributed by atoms with Crippen molar-refractivity contribution in [3.8, 4) is 0 Å². The molecule has 0 aromatic rings. The van der Waals surface area contributed by atoms with Crippen LogP contribution >= 0.6 is 0 Å². The van der Waals surface area contributed by atoms with Gasteiger partial charge in [0, 0.05) is 6.61 Å². The van der Waals surface area contributed by atoms with E-state index in [2.05, 4.69) is 0 Å². The Labute approximate surface area is 95.9 Å². The normalized spacial score (nSPS) is 30.2.